The van der Waals surface area contributed by atoms with Gasteiger partial charge >= 0.3 is 0 Å². The van der Waals surface area contributed by atoms with E-state index in [2.05, 4.69) is 39.6 Å². The molecule has 29 heavy (non-hydrogen) atoms. The third kappa shape index (κ3) is 6.46. The Kier molecular flexibility index (Phi) is 8.35. The predicted molar refractivity (Wildman–Crippen MR) is 119 cm³/mol. The molecule has 160 valence electrons. The molecule has 2 heterocycles. The van der Waals surface area contributed by atoms with Gasteiger partial charge in [0.1, 0.15) is 0 Å². The molecule has 1 atom stereocenters. The van der Waals surface area contributed by atoms with E-state index in [1.165, 1.54) is 36.9 Å². The summed E-state index contributed by atoms with van der Waals surface area (Å²) in [7, 11) is 1.80. The molecule has 1 saturated heterocycles. The number of fused-ring (bicyclic) bond motifs is 1. The standard InChI is InChI=1S/C23H37N5O/c1-19-9-5-6-15-27(19)16-8-14-26-23(24-2)25-13-7-12-22(29)28-17-20-10-3-4-11-21(20)18-28/h3-4,10-11,19H,5-9,12-18H2,1-2H3,(H2,24,25,26). The highest BCUT2D eigenvalue weighted by Crippen LogP contribution is 2.22. The van der Waals surface area contributed by atoms with Crippen molar-refractivity contribution in [3.63, 3.8) is 0 Å². The van der Waals surface area contributed by atoms with Gasteiger partial charge in [0, 0.05) is 52.2 Å². The van der Waals surface area contributed by atoms with Crippen molar-refractivity contribution in [1.29, 1.82) is 0 Å². The van der Waals surface area contributed by atoms with Gasteiger partial charge in [-0.2, -0.15) is 0 Å². The summed E-state index contributed by atoms with van der Waals surface area (Å²) in [6.45, 7) is 7.92. The highest BCUT2D eigenvalue weighted by atomic mass is 16.2. The molecule has 0 aromatic heterocycles. The first kappa shape index (κ1) is 21.6. The van der Waals surface area contributed by atoms with Crippen LogP contribution >= 0.6 is 0 Å². The molecule has 1 amide bonds. The molecular formula is C23H37N5O. The summed E-state index contributed by atoms with van der Waals surface area (Å²) in [5.74, 6) is 1.07. The Bertz CT molecular complexity index is 665. The number of carbonyl (C=O) groups excluding carboxylic acids is 1. The summed E-state index contributed by atoms with van der Waals surface area (Å²) in [5, 5.41) is 6.73. The molecule has 0 spiro atoms. The highest BCUT2D eigenvalue weighted by Gasteiger charge is 2.22. The third-order valence-electron chi connectivity index (χ3n) is 6.13. The molecule has 0 aliphatic carbocycles. The van der Waals surface area contributed by atoms with Gasteiger partial charge in [-0.05, 0) is 50.3 Å². The van der Waals surface area contributed by atoms with Crippen LogP contribution in [0.4, 0.5) is 0 Å². The van der Waals surface area contributed by atoms with Crippen molar-refractivity contribution < 1.29 is 4.79 Å². The Morgan fingerprint density at radius 2 is 1.79 bits per heavy atom. The molecule has 0 radical (unpaired) electrons. The van der Waals surface area contributed by atoms with Gasteiger partial charge in [0.2, 0.25) is 5.91 Å². The topological polar surface area (TPSA) is 60.0 Å². The second-order valence-corrected chi connectivity index (χ2v) is 8.28. The molecule has 3 rings (SSSR count). The van der Waals surface area contributed by atoms with Crippen LogP contribution in [0, 0.1) is 0 Å². The van der Waals surface area contributed by atoms with Crippen LogP contribution in [-0.4, -0.2) is 60.9 Å². The highest BCUT2D eigenvalue weighted by molar-refractivity contribution is 5.80. The molecule has 2 aliphatic rings. The van der Waals surface area contributed by atoms with E-state index in [9.17, 15) is 4.79 Å². The summed E-state index contributed by atoms with van der Waals surface area (Å²) in [4.78, 5) is 21.3. The van der Waals surface area contributed by atoms with Gasteiger partial charge in [-0.25, -0.2) is 0 Å². The van der Waals surface area contributed by atoms with Crippen molar-refractivity contribution in [2.24, 2.45) is 4.99 Å². The molecule has 6 heteroatoms. The van der Waals surface area contributed by atoms with Gasteiger partial charge in [0.25, 0.3) is 0 Å². The third-order valence-corrected chi connectivity index (χ3v) is 6.13. The summed E-state index contributed by atoms with van der Waals surface area (Å²) < 4.78 is 0. The lowest BCUT2D eigenvalue weighted by molar-refractivity contribution is -0.131. The van der Waals surface area contributed by atoms with E-state index >= 15 is 0 Å². The van der Waals surface area contributed by atoms with Crippen molar-refractivity contribution in [2.75, 3.05) is 33.2 Å². The van der Waals surface area contributed by atoms with Crippen LogP contribution in [0.25, 0.3) is 0 Å². The first-order chi connectivity index (χ1) is 14.2. The van der Waals surface area contributed by atoms with Crippen molar-refractivity contribution in [3.8, 4) is 0 Å². The normalized spacial score (nSPS) is 19.9. The monoisotopic (exact) mass is 399 g/mol. The van der Waals surface area contributed by atoms with E-state index < -0.39 is 0 Å². The van der Waals surface area contributed by atoms with Gasteiger partial charge < -0.3 is 20.4 Å². The number of likely N-dealkylation sites (tertiary alicyclic amines) is 1. The Morgan fingerprint density at radius 1 is 1.10 bits per heavy atom. The minimum Gasteiger partial charge on any atom is -0.356 e. The number of carbonyl (C=O) groups is 1. The fraction of sp³-hybridized carbons (Fsp3) is 0.652. The minimum atomic E-state index is 0.238. The van der Waals surface area contributed by atoms with Gasteiger partial charge in [0.15, 0.2) is 5.96 Å². The predicted octanol–water partition coefficient (Wildman–Crippen LogP) is 2.74. The zero-order valence-electron chi connectivity index (χ0n) is 18.1. The first-order valence-electron chi connectivity index (χ1n) is 11.2. The Hall–Kier alpha value is -2.08. The fourth-order valence-corrected chi connectivity index (χ4v) is 4.31. The van der Waals surface area contributed by atoms with Gasteiger partial charge in [-0.1, -0.05) is 30.7 Å². The first-order valence-corrected chi connectivity index (χ1v) is 11.2. The zero-order chi connectivity index (χ0) is 20.5. The number of nitrogens with one attached hydrogen (secondary N) is 2. The molecule has 6 nitrogen and oxygen atoms in total. The molecule has 1 aromatic carbocycles. The maximum atomic E-state index is 12.5. The number of aliphatic imine (C=N–C) groups is 1. The number of piperidine rings is 1. The van der Waals surface area contributed by atoms with Crippen molar-refractivity contribution in [2.45, 2.75) is 64.6 Å². The molecule has 2 N–H and O–H groups in total. The number of hydrogen-bond donors (Lipinski definition) is 2. The molecule has 1 aromatic rings. The van der Waals surface area contributed by atoms with Crippen LogP contribution in [0.2, 0.25) is 0 Å². The lowest BCUT2D eigenvalue weighted by atomic mass is 10.0. The number of nitrogens with zero attached hydrogens (tertiary/aromatic N) is 3. The van der Waals surface area contributed by atoms with Crippen LogP contribution in [0.5, 0.6) is 0 Å². The number of benzene rings is 1. The summed E-state index contributed by atoms with van der Waals surface area (Å²) >= 11 is 0. The average Bonchev–Trinajstić information content (AvgIpc) is 3.18. The summed E-state index contributed by atoms with van der Waals surface area (Å²) in [6, 6.07) is 9.05. The number of amides is 1. The van der Waals surface area contributed by atoms with Crippen LogP contribution < -0.4 is 10.6 Å². The SMILES string of the molecule is CN=C(NCCCC(=O)N1Cc2ccccc2C1)NCCCN1CCCCC1C. The maximum absolute atomic E-state index is 12.5. The van der Waals surface area contributed by atoms with Crippen LogP contribution in [0.1, 0.15) is 56.6 Å². The van der Waals surface area contributed by atoms with Gasteiger partial charge in [-0.15, -0.1) is 0 Å². The van der Waals surface area contributed by atoms with Crippen LogP contribution in [-0.2, 0) is 17.9 Å². The van der Waals surface area contributed by atoms with Crippen molar-refractivity contribution in [3.05, 3.63) is 35.4 Å². The molecule has 1 fully saturated rings. The quantitative estimate of drug-likeness (QED) is 0.401. The van der Waals surface area contributed by atoms with E-state index in [0.717, 1.165) is 57.6 Å². The van der Waals surface area contributed by atoms with Gasteiger partial charge in [-0.3, -0.25) is 9.79 Å². The number of rotatable bonds is 8. The van der Waals surface area contributed by atoms with Crippen molar-refractivity contribution in [1.82, 2.24) is 20.4 Å². The number of hydrogen-bond acceptors (Lipinski definition) is 3. The lowest BCUT2D eigenvalue weighted by Crippen LogP contribution is -2.41. The lowest BCUT2D eigenvalue weighted by Gasteiger charge is -2.33. The van der Waals surface area contributed by atoms with Crippen molar-refractivity contribution >= 4 is 11.9 Å². The van der Waals surface area contributed by atoms with Gasteiger partial charge in [0.05, 0.1) is 0 Å². The summed E-state index contributed by atoms with van der Waals surface area (Å²) in [5.41, 5.74) is 2.56. The Morgan fingerprint density at radius 3 is 2.45 bits per heavy atom. The largest absolute Gasteiger partial charge is 0.356 e. The zero-order valence-corrected chi connectivity index (χ0v) is 18.1. The second kappa shape index (κ2) is 11.2. The smallest absolute Gasteiger partial charge is 0.223 e. The summed E-state index contributed by atoms with van der Waals surface area (Å²) in [6.07, 6.45) is 6.56. The maximum Gasteiger partial charge on any atom is 0.223 e. The van der Waals surface area contributed by atoms with Crippen LogP contribution in [0.3, 0.4) is 0 Å². The van der Waals surface area contributed by atoms with E-state index in [-0.39, 0.29) is 5.91 Å². The number of guanidine groups is 1. The second-order valence-electron chi connectivity index (χ2n) is 8.28. The molecule has 0 bridgehead atoms. The average molecular weight is 400 g/mol. The molecule has 2 aliphatic heterocycles. The molecule has 1 unspecified atom stereocenters. The molecular weight excluding hydrogens is 362 g/mol. The van der Waals surface area contributed by atoms with E-state index in [1.807, 2.05) is 17.0 Å². The van der Waals surface area contributed by atoms with E-state index in [4.69, 9.17) is 0 Å². The van der Waals surface area contributed by atoms with Crippen LogP contribution in [0.15, 0.2) is 29.3 Å². The van der Waals surface area contributed by atoms with E-state index in [0.29, 0.717) is 6.42 Å². The van der Waals surface area contributed by atoms with E-state index in [1.54, 1.807) is 7.05 Å². The Labute approximate surface area is 175 Å². The molecule has 0 saturated carbocycles. The fourth-order valence-electron chi connectivity index (χ4n) is 4.31. The Balaban J connectivity index is 1.26. The minimum absolute atomic E-state index is 0.238.